The van der Waals surface area contributed by atoms with E-state index < -0.39 is 0 Å². The van der Waals surface area contributed by atoms with Gasteiger partial charge in [-0.1, -0.05) is 24.3 Å². The molecule has 0 atom stereocenters. The summed E-state index contributed by atoms with van der Waals surface area (Å²) in [5, 5.41) is 0. The summed E-state index contributed by atoms with van der Waals surface area (Å²) in [6, 6.07) is 10.4. The molecule has 1 aromatic carbocycles. The molecule has 20 heavy (non-hydrogen) atoms. The Hall–Kier alpha value is -1.87. The molecule has 0 spiro atoms. The van der Waals surface area contributed by atoms with Gasteiger partial charge in [0.05, 0.1) is 12.4 Å². The number of hydrogen-bond acceptors (Lipinski definition) is 2. The summed E-state index contributed by atoms with van der Waals surface area (Å²) in [6.07, 6.45) is 1.87. The Morgan fingerprint density at radius 1 is 1.20 bits per heavy atom. The highest BCUT2D eigenvalue weighted by Crippen LogP contribution is 2.19. The Balaban J connectivity index is 2.12. The van der Waals surface area contributed by atoms with E-state index in [9.17, 15) is 0 Å². The molecular weight excluding hydrogens is 270 g/mol. The van der Waals surface area contributed by atoms with E-state index in [1.807, 2.05) is 19.2 Å². The maximum atomic E-state index is 6.04. The Morgan fingerprint density at radius 3 is 2.75 bits per heavy atom. The van der Waals surface area contributed by atoms with E-state index in [1.54, 1.807) is 0 Å². The molecular formula is C16H16ClN3. The van der Waals surface area contributed by atoms with E-state index in [0.29, 0.717) is 5.88 Å². The standard InChI is InChI=1S/C16H16ClN3/c1-11-7-14-16(18-9-11)20(15(8-17)19-14)10-13-6-4-3-5-12(13)2/h3-7,9H,8,10H2,1-2H3. The lowest BCUT2D eigenvalue weighted by molar-refractivity contribution is 0.766. The second-order valence-electron chi connectivity index (χ2n) is 5.03. The minimum absolute atomic E-state index is 0.390. The zero-order valence-corrected chi connectivity index (χ0v) is 12.4. The number of aromatic nitrogens is 3. The monoisotopic (exact) mass is 285 g/mol. The second-order valence-corrected chi connectivity index (χ2v) is 5.30. The maximum Gasteiger partial charge on any atom is 0.160 e. The van der Waals surface area contributed by atoms with Crippen LogP contribution in [0.5, 0.6) is 0 Å². The van der Waals surface area contributed by atoms with Crippen molar-refractivity contribution >= 4 is 22.8 Å². The minimum Gasteiger partial charge on any atom is -0.307 e. The Morgan fingerprint density at radius 2 is 2.00 bits per heavy atom. The summed E-state index contributed by atoms with van der Waals surface area (Å²) >= 11 is 6.04. The van der Waals surface area contributed by atoms with Crippen LogP contribution in [0.1, 0.15) is 22.5 Å². The Labute approximate surface area is 123 Å². The maximum absolute atomic E-state index is 6.04. The van der Waals surface area contributed by atoms with Gasteiger partial charge in [-0.2, -0.15) is 0 Å². The third kappa shape index (κ3) is 2.29. The van der Waals surface area contributed by atoms with E-state index >= 15 is 0 Å². The van der Waals surface area contributed by atoms with Gasteiger partial charge in [-0.05, 0) is 36.6 Å². The molecule has 2 aromatic heterocycles. The molecule has 0 radical (unpaired) electrons. The number of fused-ring (bicyclic) bond motifs is 1. The quantitative estimate of drug-likeness (QED) is 0.685. The molecule has 0 saturated heterocycles. The number of imidazole rings is 1. The lowest BCUT2D eigenvalue weighted by Crippen LogP contribution is -2.05. The summed E-state index contributed by atoms with van der Waals surface area (Å²) in [4.78, 5) is 9.10. The molecule has 4 heteroatoms. The van der Waals surface area contributed by atoms with Gasteiger partial charge < -0.3 is 4.57 Å². The van der Waals surface area contributed by atoms with Gasteiger partial charge in [0.2, 0.25) is 0 Å². The van der Waals surface area contributed by atoms with Crippen LogP contribution in [0.3, 0.4) is 0 Å². The predicted molar refractivity (Wildman–Crippen MR) is 82.1 cm³/mol. The number of benzene rings is 1. The fraction of sp³-hybridized carbons (Fsp3) is 0.250. The summed E-state index contributed by atoms with van der Waals surface area (Å²) in [5.74, 6) is 1.25. The van der Waals surface area contributed by atoms with Crippen molar-refractivity contribution < 1.29 is 0 Å². The van der Waals surface area contributed by atoms with E-state index in [1.165, 1.54) is 11.1 Å². The normalized spacial score (nSPS) is 11.2. The third-order valence-corrected chi connectivity index (χ3v) is 3.75. The van der Waals surface area contributed by atoms with Crippen LogP contribution in [0.25, 0.3) is 11.2 Å². The van der Waals surface area contributed by atoms with Gasteiger partial charge in [0.25, 0.3) is 0 Å². The molecule has 102 valence electrons. The summed E-state index contributed by atoms with van der Waals surface area (Å²) in [6.45, 7) is 4.89. The Kier molecular flexibility index (Phi) is 3.45. The van der Waals surface area contributed by atoms with Crippen LogP contribution >= 0.6 is 11.6 Å². The topological polar surface area (TPSA) is 30.7 Å². The number of halogens is 1. The van der Waals surface area contributed by atoms with Gasteiger partial charge in [-0.15, -0.1) is 11.6 Å². The highest BCUT2D eigenvalue weighted by molar-refractivity contribution is 6.16. The van der Waals surface area contributed by atoms with Crippen molar-refractivity contribution in [3.8, 4) is 0 Å². The molecule has 0 N–H and O–H groups in total. The molecule has 0 aliphatic rings. The summed E-state index contributed by atoms with van der Waals surface area (Å²) in [5.41, 5.74) is 5.45. The first-order valence-electron chi connectivity index (χ1n) is 6.61. The number of alkyl halides is 1. The molecule has 3 aromatic rings. The van der Waals surface area contributed by atoms with Gasteiger partial charge in [0.15, 0.2) is 5.65 Å². The van der Waals surface area contributed by atoms with Crippen LogP contribution < -0.4 is 0 Å². The molecule has 3 rings (SSSR count). The van der Waals surface area contributed by atoms with Crippen LogP contribution in [0, 0.1) is 13.8 Å². The van der Waals surface area contributed by atoms with E-state index in [4.69, 9.17) is 11.6 Å². The molecule has 0 saturated carbocycles. The number of rotatable bonds is 3. The first-order chi connectivity index (χ1) is 9.69. The van der Waals surface area contributed by atoms with Gasteiger partial charge in [-0.25, -0.2) is 9.97 Å². The predicted octanol–water partition coefficient (Wildman–Crippen LogP) is 3.84. The number of pyridine rings is 1. The van der Waals surface area contributed by atoms with Gasteiger partial charge in [-0.3, -0.25) is 0 Å². The average molecular weight is 286 g/mol. The van der Waals surface area contributed by atoms with E-state index in [-0.39, 0.29) is 0 Å². The van der Waals surface area contributed by atoms with Crippen molar-refractivity contribution in [2.75, 3.05) is 0 Å². The van der Waals surface area contributed by atoms with Gasteiger partial charge in [0.1, 0.15) is 11.3 Å². The first-order valence-corrected chi connectivity index (χ1v) is 7.14. The molecule has 3 nitrogen and oxygen atoms in total. The van der Waals surface area contributed by atoms with Gasteiger partial charge >= 0.3 is 0 Å². The Bertz CT molecular complexity index is 762. The molecule has 0 amide bonds. The summed E-state index contributed by atoms with van der Waals surface area (Å²) in [7, 11) is 0. The van der Waals surface area contributed by atoms with Crippen molar-refractivity contribution in [2.45, 2.75) is 26.3 Å². The molecule has 0 aliphatic heterocycles. The highest BCUT2D eigenvalue weighted by Gasteiger charge is 2.12. The average Bonchev–Trinajstić information content (AvgIpc) is 2.78. The number of hydrogen-bond donors (Lipinski definition) is 0. The van der Waals surface area contributed by atoms with E-state index in [0.717, 1.165) is 29.1 Å². The van der Waals surface area contributed by atoms with Crippen LogP contribution in [0.2, 0.25) is 0 Å². The van der Waals surface area contributed by atoms with Crippen molar-refractivity contribution in [1.29, 1.82) is 0 Å². The van der Waals surface area contributed by atoms with Crippen LogP contribution in [-0.2, 0) is 12.4 Å². The lowest BCUT2D eigenvalue weighted by atomic mass is 10.1. The van der Waals surface area contributed by atoms with Crippen molar-refractivity contribution in [2.24, 2.45) is 0 Å². The van der Waals surface area contributed by atoms with Crippen molar-refractivity contribution in [3.63, 3.8) is 0 Å². The van der Waals surface area contributed by atoms with Crippen LogP contribution in [0.4, 0.5) is 0 Å². The number of nitrogens with zero attached hydrogens (tertiary/aromatic N) is 3. The second kappa shape index (κ2) is 5.25. The summed E-state index contributed by atoms with van der Waals surface area (Å²) < 4.78 is 2.10. The molecule has 2 heterocycles. The lowest BCUT2D eigenvalue weighted by Gasteiger charge is -2.09. The largest absolute Gasteiger partial charge is 0.307 e. The smallest absolute Gasteiger partial charge is 0.160 e. The van der Waals surface area contributed by atoms with Crippen LogP contribution in [-0.4, -0.2) is 14.5 Å². The SMILES string of the molecule is Cc1cnc2c(c1)nc(CCl)n2Cc1ccccc1C. The minimum atomic E-state index is 0.390. The fourth-order valence-electron chi connectivity index (χ4n) is 2.38. The number of aryl methyl sites for hydroxylation is 2. The molecule has 0 unspecified atom stereocenters. The highest BCUT2D eigenvalue weighted by atomic mass is 35.5. The third-order valence-electron chi connectivity index (χ3n) is 3.51. The zero-order chi connectivity index (χ0) is 14.1. The van der Waals surface area contributed by atoms with Crippen molar-refractivity contribution in [3.05, 3.63) is 59.0 Å². The van der Waals surface area contributed by atoms with E-state index in [2.05, 4.69) is 45.7 Å². The van der Waals surface area contributed by atoms with Crippen molar-refractivity contribution in [1.82, 2.24) is 14.5 Å². The molecule has 0 fully saturated rings. The van der Waals surface area contributed by atoms with Gasteiger partial charge in [0, 0.05) is 6.20 Å². The molecule has 0 aliphatic carbocycles. The van der Waals surface area contributed by atoms with Crippen LogP contribution in [0.15, 0.2) is 36.5 Å². The first kappa shape index (κ1) is 13.1. The zero-order valence-electron chi connectivity index (χ0n) is 11.6. The molecule has 0 bridgehead atoms. The fourth-order valence-corrected chi connectivity index (χ4v) is 2.59.